The van der Waals surface area contributed by atoms with Crippen molar-refractivity contribution in [1.29, 1.82) is 0 Å². The molecule has 0 N–H and O–H groups in total. The minimum atomic E-state index is -3.00. The van der Waals surface area contributed by atoms with E-state index in [1.807, 2.05) is 30.3 Å². The smallest absolute Gasteiger partial charge is 0.354 e. The summed E-state index contributed by atoms with van der Waals surface area (Å²) in [5, 5.41) is 5.26. The van der Waals surface area contributed by atoms with Crippen LogP contribution in [-0.2, 0) is 29.3 Å². The Hall–Kier alpha value is -2.95. The maximum Gasteiger partial charge on any atom is 0.354 e. The van der Waals surface area contributed by atoms with Crippen molar-refractivity contribution in [3.63, 3.8) is 0 Å². The number of carbonyl (C=O) groups is 2. The molecule has 33 heavy (non-hydrogen) atoms. The summed E-state index contributed by atoms with van der Waals surface area (Å²) >= 11 is 0. The number of aromatic nitrogens is 2. The predicted molar refractivity (Wildman–Crippen MR) is 122 cm³/mol. The lowest BCUT2D eigenvalue weighted by molar-refractivity contribution is -0.129. The molecule has 0 radical (unpaired) electrons. The first kappa shape index (κ1) is 21.9. The molecule has 9 nitrogen and oxygen atoms in total. The van der Waals surface area contributed by atoms with E-state index >= 15 is 0 Å². The Morgan fingerprint density at radius 1 is 0.970 bits per heavy atom. The molecule has 3 aliphatic rings. The molecule has 1 saturated heterocycles. The topological polar surface area (TPSA) is 95.3 Å². The number of likely N-dealkylation sites (tertiary alicyclic amines) is 1. The summed E-state index contributed by atoms with van der Waals surface area (Å²) in [5.41, 5.74) is 1.32. The maximum atomic E-state index is 12.3. The van der Waals surface area contributed by atoms with E-state index in [4.69, 9.17) is 13.1 Å². The van der Waals surface area contributed by atoms with E-state index in [2.05, 4.69) is 15.0 Å². The van der Waals surface area contributed by atoms with Crippen LogP contribution in [0.4, 0.5) is 0 Å². The maximum absolute atomic E-state index is 12.3. The molecule has 1 aromatic heterocycles. The summed E-state index contributed by atoms with van der Waals surface area (Å²) in [6.45, 7) is 4.03. The number of rotatable bonds is 6. The Bertz CT molecular complexity index is 1070. The average molecular weight is 471 g/mol. The number of hydrogen-bond donors (Lipinski definition) is 0. The fraction of sp³-hybridized carbons (Fsp3) is 0.391. The lowest BCUT2D eigenvalue weighted by Gasteiger charge is -2.34. The van der Waals surface area contributed by atoms with Crippen LogP contribution in [0, 0.1) is 0 Å². The Kier molecular flexibility index (Phi) is 6.30. The summed E-state index contributed by atoms with van der Waals surface area (Å²) < 4.78 is 18.8. The highest BCUT2D eigenvalue weighted by molar-refractivity contribution is 8.39. The molecule has 4 heterocycles. The first-order chi connectivity index (χ1) is 16.1. The van der Waals surface area contributed by atoms with Gasteiger partial charge in [0.15, 0.2) is 0 Å². The third-order valence-corrected chi connectivity index (χ3v) is 8.06. The Morgan fingerprint density at radius 2 is 1.67 bits per heavy atom. The molecule has 1 spiro atoms. The third kappa shape index (κ3) is 4.59. The number of ether oxygens (including phenoxy) is 1. The van der Waals surface area contributed by atoms with Crippen molar-refractivity contribution in [1.82, 2.24) is 14.6 Å². The lowest BCUT2D eigenvalue weighted by atomic mass is 10.2. The summed E-state index contributed by atoms with van der Waals surface area (Å²) in [6, 6.07) is 9.20. The van der Waals surface area contributed by atoms with Gasteiger partial charge in [0.1, 0.15) is 0 Å². The SMILES string of the molecule is O=C1C=CC(=O)OS2(O1)C(c1ccccc1)=Nn1cc(COCCN3CCCCCC3)nc12. The number of hydrogen-bond acceptors (Lipinski definition) is 8. The van der Waals surface area contributed by atoms with E-state index in [1.54, 1.807) is 6.20 Å². The van der Waals surface area contributed by atoms with Crippen molar-refractivity contribution in [2.75, 3.05) is 26.2 Å². The standard InChI is InChI=1S/C23H26N4O5S/c28-20-10-11-21(29)32-33(31-20)22(18-8-4-3-5-9-18)25-27-16-19(24-23(27)33)17-30-15-14-26-12-6-1-2-7-13-26/h3-5,8-11,16H,1-2,6-7,12-15,17H2. The quantitative estimate of drug-likeness (QED) is 0.599. The molecule has 2 aromatic rings. The van der Waals surface area contributed by atoms with Gasteiger partial charge in [0.05, 0.1) is 25.1 Å². The average Bonchev–Trinajstić information content (AvgIpc) is 3.13. The van der Waals surface area contributed by atoms with Crippen LogP contribution in [0.3, 0.4) is 0 Å². The molecule has 0 aliphatic carbocycles. The summed E-state index contributed by atoms with van der Waals surface area (Å²) in [5.74, 6) is -1.35. The second-order valence-corrected chi connectivity index (χ2v) is 10.2. The molecule has 0 unspecified atom stereocenters. The van der Waals surface area contributed by atoms with Crippen molar-refractivity contribution < 1.29 is 22.7 Å². The Balaban J connectivity index is 1.35. The van der Waals surface area contributed by atoms with E-state index in [1.165, 1.54) is 30.4 Å². The zero-order chi connectivity index (χ0) is 22.7. The van der Waals surface area contributed by atoms with Gasteiger partial charge < -0.3 is 18.0 Å². The fourth-order valence-corrected chi connectivity index (χ4v) is 6.39. The minimum absolute atomic E-state index is 0.290. The van der Waals surface area contributed by atoms with Crippen LogP contribution in [0.25, 0.3) is 0 Å². The first-order valence-electron chi connectivity index (χ1n) is 11.2. The van der Waals surface area contributed by atoms with Crippen LogP contribution in [0.2, 0.25) is 0 Å². The van der Waals surface area contributed by atoms with Crippen LogP contribution >= 0.6 is 10.6 Å². The number of nitrogens with zero attached hydrogens (tertiary/aromatic N) is 4. The second-order valence-electron chi connectivity index (χ2n) is 8.08. The molecular formula is C23H26N4O5S. The highest BCUT2D eigenvalue weighted by Crippen LogP contribution is 2.63. The fourth-order valence-electron chi connectivity index (χ4n) is 4.08. The first-order valence-corrected chi connectivity index (χ1v) is 12.6. The van der Waals surface area contributed by atoms with Gasteiger partial charge in [-0.25, -0.2) is 19.2 Å². The minimum Gasteiger partial charge on any atom is -0.374 e. The lowest BCUT2D eigenvalue weighted by Crippen LogP contribution is -2.28. The zero-order valence-electron chi connectivity index (χ0n) is 18.2. The molecule has 1 aromatic carbocycles. The number of fused-ring (bicyclic) bond motifs is 2. The second kappa shape index (κ2) is 9.50. The van der Waals surface area contributed by atoms with E-state index in [0.29, 0.717) is 29.5 Å². The zero-order valence-corrected chi connectivity index (χ0v) is 19.0. The van der Waals surface area contributed by atoms with Crippen LogP contribution in [-0.4, -0.2) is 57.8 Å². The molecule has 3 aliphatic heterocycles. The highest BCUT2D eigenvalue weighted by atomic mass is 32.3. The van der Waals surface area contributed by atoms with Gasteiger partial charge in [0.2, 0.25) is 5.04 Å². The normalized spacial score (nSPS) is 21.0. The monoisotopic (exact) mass is 470 g/mol. The van der Waals surface area contributed by atoms with Crippen LogP contribution in [0.5, 0.6) is 0 Å². The van der Waals surface area contributed by atoms with Gasteiger partial charge in [-0.15, -0.1) is 5.10 Å². The van der Waals surface area contributed by atoms with Gasteiger partial charge in [0, 0.05) is 34.9 Å². The van der Waals surface area contributed by atoms with Crippen molar-refractivity contribution >= 4 is 27.6 Å². The highest BCUT2D eigenvalue weighted by Gasteiger charge is 2.47. The third-order valence-electron chi connectivity index (χ3n) is 5.68. The van der Waals surface area contributed by atoms with Crippen LogP contribution in [0.15, 0.2) is 58.9 Å². The van der Waals surface area contributed by atoms with E-state index in [0.717, 1.165) is 31.8 Å². The molecular weight excluding hydrogens is 444 g/mol. The predicted octanol–water partition coefficient (Wildman–Crippen LogP) is 3.15. The van der Waals surface area contributed by atoms with Gasteiger partial charge >= 0.3 is 11.9 Å². The molecule has 0 bridgehead atoms. The molecule has 0 amide bonds. The van der Waals surface area contributed by atoms with Gasteiger partial charge in [-0.1, -0.05) is 43.2 Å². The number of imidazole rings is 1. The van der Waals surface area contributed by atoms with E-state index in [9.17, 15) is 9.59 Å². The summed E-state index contributed by atoms with van der Waals surface area (Å²) in [4.78, 5) is 31.7. The van der Waals surface area contributed by atoms with Crippen LogP contribution in [0.1, 0.15) is 36.9 Å². The van der Waals surface area contributed by atoms with Crippen LogP contribution < -0.4 is 0 Å². The van der Waals surface area contributed by atoms with Crippen molar-refractivity contribution in [2.45, 2.75) is 37.4 Å². The molecule has 0 saturated carbocycles. The van der Waals surface area contributed by atoms with Gasteiger partial charge in [-0.05, 0) is 25.9 Å². The van der Waals surface area contributed by atoms with Gasteiger partial charge in [-0.3, -0.25) is 0 Å². The number of benzene rings is 1. The Morgan fingerprint density at radius 3 is 2.36 bits per heavy atom. The summed E-state index contributed by atoms with van der Waals surface area (Å²) in [7, 11) is -3.00. The molecule has 5 rings (SSSR count). The summed E-state index contributed by atoms with van der Waals surface area (Å²) in [6.07, 6.45) is 8.94. The van der Waals surface area contributed by atoms with Crippen molar-refractivity contribution in [3.05, 3.63) is 59.9 Å². The molecule has 10 heteroatoms. The van der Waals surface area contributed by atoms with Gasteiger partial charge in [-0.2, -0.15) is 0 Å². The molecule has 0 atom stereocenters. The molecule has 1 fully saturated rings. The number of carbonyl (C=O) groups excluding carboxylic acids is 2. The van der Waals surface area contributed by atoms with Crippen molar-refractivity contribution in [2.24, 2.45) is 5.10 Å². The van der Waals surface area contributed by atoms with E-state index < -0.39 is 22.5 Å². The van der Waals surface area contributed by atoms with E-state index in [-0.39, 0.29) is 5.16 Å². The van der Waals surface area contributed by atoms with Gasteiger partial charge in [0.25, 0.3) is 5.16 Å². The Labute approximate surface area is 193 Å². The van der Waals surface area contributed by atoms with Crippen molar-refractivity contribution in [3.8, 4) is 0 Å². The largest absolute Gasteiger partial charge is 0.374 e. The molecule has 174 valence electrons.